The average molecular weight is 338 g/mol. The van der Waals surface area contributed by atoms with E-state index in [-0.39, 0.29) is 12.5 Å². The molecule has 1 atom stereocenters. The SMILES string of the molecule is Cc1nn(-c2ccccc2)c2ncc(NC(=O)C3COCCO3)cc12. The lowest BCUT2D eigenvalue weighted by Crippen LogP contribution is -2.39. The second-order valence-electron chi connectivity index (χ2n) is 5.85. The van der Waals surface area contributed by atoms with Crippen LogP contribution >= 0.6 is 0 Å². The monoisotopic (exact) mass is 338 g/mol. The summed E-state index contributed by atoms with van der Waals surface area (Å²) in [6, 6.07) is 11.7. The highest BCUT2D eigenvalue weighted by molar-refractivity contribution is 5.96. The highest BCUT2D eigenvalue weighted by Crippen LogP contribution is 2.23. The summed E-state index contributed by atoms with van der Waals surface area (Å²) in [5, 5.41) is 8.29. The van der Waals surface area contributed by atoms with Gasteiger partial charge in [-0.05, 0) is 25.1 Å². The Hall–Kier alpha value is -2.77. The Morgan fingerprint density at radius 3 is 2.88 bits per heavy atom. The number of rotatable bonds is 3. The number of para-hydroxylation sites is 1. The molecule has 128 valence electrons. The minimum absolute atomic E-state index is 0.228. The summed E-state index contributed by atoms with van der Waals surface area (Å²) in [5.74, 6) is -0.228. The van der Waals surface area contributed by atoms with Gasteiger partial charge < -0.3 is 14.8 Å². The van der Waals surface area contributed by atoms with Gasteiger partial charge in [-0.3, -0.25) is 4.79 Å². The van der Waals surface area contributed by atoms with Gasteiger partial charge in [-0.2, -0.15) is 5.10 Å². The fourth-order valence-electron chi connectivity index (χ4n) is 2.82. The van der Waals surface area contributed by atoms with Gasteiger partial charge in [-0.1, -0.05) is 18.2 Å². The van der Waals surface area contributed by atoms with Gasteiger partial charge in [0, 0.05) is 5.39 Å². The Balaban J connectivity index is 1.62. The van der Waals surface area contributed by atoms with Crippen LogP contribution in [0.15, 0.2) is 42.6 Å². The molecule has 3 heterocycles. The Kier molecular flexibility index (Phi) is 4.17. The molecule has 4 rings (SSSR count). The van der Waals surface area contributed by atoms with Crippen molar-refractivity contribution in [3.63, 3.8) is 0 Å². The minimum Gasteiger partial charge on any atom is -0.376 e. The Bertz CT molecular complexity index is 901. The summed E-state index contributed by atoms with van der Waals surface area (Å²) in [6.45, 7) is 3.15. The Morgan fingerprint density at radius 2 is 2.12 bits per heavy atom. The van der Waals surface area contributed by atoms with Crippen LogP contribution in [0.1, 0.15) is 5.69 Å². The molecule has 0 aliphatic carbocycles. The van der Waals surface area contributed by atoms with Crippen LogP contribution in [-0.4, -0.2) is 46.6 Å². The Labute approximate surface area is 144 Å². The van der Waals surface area contributed by atoms with Gasteiger partial charge in [0.1, 0.15) is 0 Å². The van der Waals surface area contributed by atoms with Crippen molar-refractivity contribution in [2.45, 2.75) is 13.0 Å². The zero-order chi connectivity index (χ0) is 17.2. The lowest BCUT2D eigenvalue weighted by atomic mass is 10.2. The molecular formula is C18H18N4O3. The van der Waals surface area contributed by atoms with Gasteiger partial charge in [-0.15, -0.1) is 0 Å². The zero-order valence-electron chi connectivity index (χ0n) is 13.8. The maximum Gasteiger partial charge on any atom is 0.255 e. The van der Waals surface area contributed by atoms with Crippen molar-refractivity contribution in [2.75, 3.05) is 25.1 Å². The number of nitrogens with zero attached hydrogens (tertiary/aromatic N) is 3. The number of amides is 1. The number of anilines is 1. The number of pyridine rings is 1. The number of carbonyl (C=O) groups is 1. The third-order valence-electron chi connectivity index (χ3n) is 4.08. The molecule has 0 spiro atoms. The number of hydrogen-bond donors (Lipinski definition) is 1. The van der Waals surface area contributed by atoms with E-state index in [1.54, 1.807) is 10.9 Å². The van der Waals surface area contributed by atoms with Crippen LogP contribution in [0.3, 0.4) is 0 Å². The van der Waals surface area contributed by atoms with E-state index < -0.39 is 6.10 Å². The molecule has 1 N–H and O–H groups in total. The van der Waals surface area contributed by atoms with Gasteiger partial charge in [0.05, 0.1) is 43.1 Å². The highest BCUT2D eigenvalue weighted by atomic mass is 16.6. The number of nitrogens with one attached hydrogen (secondary N) is 1. The van der Waals surface area contributed by atoms with Crippen molar-refractivity contribution in [3.05, 3.63) is 48.3 Å². The first-order chi connectivity index (χ1) is 12.2. The molecule has 0 bridgehead atoms. The topological polar surface area (TPSA) is 78.3 Å². The van der Waals surface area contributed by atoms with E-state index in [4.69, 9.17) is 9.47 Å². The normalized spacial score (nSPS) is 17.6. The molecule has 1 aliphatic heterocycles. The number of aromatic nitrogens is 3. The van der Waals surface area contributed by atoms with Crippen LogP contribution in [0.4, 0.5) is 5.69 Å². The first kappa shape index (κ1) is 15.7. The summed E-state index contributed by atoms with van der Waals surface area (Å²) < 4.78 is 12.5. The third-order valence-corrected chi connectivity index (χ3v) is 4.08. The van der Waals surface area contributed by atoms with Gasteiger partial charge in [0.2, 0.25) is 0 Å². The van der Waals surface area contributed by atoms with E-state index in [1.807, 2.05) is 43.3 Å². The molecule has 1 saturated heterocycles. The Morgan fingerprint density at radius 1 is 1.28 bits per heavy atom. The van der Waals surface area contributed by atoms with Crippen LogP contribution in [-0.2, 0) is 14.3 Å². The van der Waals surface area contributed by atoms with Crippen LogP contribution in [0.25, 0.3) is 16.7 Å². The summed E-state index contributed by atoms with van der Waals surface area (Å²) >= 11 is 0. The molecule has 0 saturated carbocycles. The standard InChI is InChI=1S/C18H18N4O3/c1-12-15-9-13(20-18(23)16-11-24-7-8-25-16)10-19-17(15)22(21-12)14-5-3-2-4-6-14/h2-6,9-10,16H,7-8,11H2,1H3,(H,20,23). The number of carbonyl (C=O) groups excluding carboxylic acids is 1. The van der Waals surface area contributed by atoms with E-state index in [9.17, 15) is 4.79 Å². The highest BCUT2D eigenvalue weighted by Gasteiger charge is 2.23. The molecule has 0 radical (unpaired) electrons. The molecule has 1 fully saturated rings. The number of fused-ring (bicyclic) bond motifs is 1. The van der Waals surface area contributed by atoms with Crippen molar-refractivity contribution in [2.24, 2.45) is 0 Å². The van der Waals surface area contributed by atoms with Crippen LogP contribution in [0, 0.1) is 6.92 Å². The van der Waals surface area contributed by atoms with E-state index in [1.165, 1.54) is 0 Å². The smallest absolute Gasteiger partial charge is 0.255 e. The van der Waals surface area contributed by atoms with Crippen molar-refractivity contribution in [1.82, 2.24) is 14.8 Å². The zero-order valence-corrected chi connectivity index (χ0v) is 13.8. The van der Waals surface area contributed by atoms with Gasteiger partial charge in [-0.25, -0.2) is 9.67 Å². The molecule has 1 amide bonds. The average Bonchev–Trinajstić information content (AvgIpc) is 2.99. The molecule has 3 aromatic rings. The molecule has 7 nitrogen and oxygen atoms in total. The maximum absolute atomic E-state index is 12.3. The van der Waals surface area contributed by atoms with E-state index in [0.717, 1.165) is 22.4 Å². The van der Waals surface area contributed by atoms with E-state index in [0.29, 0.717) is 18.9 Å². The summed E-state index contributed by atoms with van der Waals surface area (Å²) in [7, 11) is 0. The van der Waals surface area contributed by atoms with Crippen molar-refractivity contribution in [1.29, 1.82) is 0 Å². The van der Waals surface area contributed by atoms with Gasteiger partial charge in [0.15, 0.2) is 11.8 Å². The molecule has 2 aromatic heterocycles. The van der Waals surface area contributed by atoms with Crippen molar-refractivity contribution in [3.8, 4) is 5.69 Å². The van der Waals surface area contributed by atoms with Gasteiger partial charge in [0.25, 0.3) is 5.91 Å². The summed E-state index contributed by atoms with van der Waals surface area (Å²) in [5.41, 5.74) is 3.15. The third kappa shape index (κ3) is 3.11. The lowest BCUT2D eigenvalue weighted by molar-refractivity contribution is -0.142. The van der Waals surface area contributed by atoms with E-state index >= 15 is 0 Å². The second kappa shape index (κ2) is 6.62. The van der Waals surface area contributed by atoms with Crippen molar-refractivity contribution < 1.29 is 14.3 Å². The predicted molar refractivity (Wildman–Crippen MR) is 92.8 cm³/mol. The molecule has 1 aliphatic rings. The maximum atomic E-state index is 12.3. The lowest BCUT2D eigenvalue weighted by Gasteiger charge is -2.21. The van der Waals surface area contributed by atoms with Gasteiger partial charge >= 0.3 is 0 Å². The van der Waals surface area contributed by atoms with Crippen LogP contribution in [0.2, 0.25) is 0 Å². The number of benzene rings is 1. The first-order valence-corrected chi connectivity index (χ1v) is 8.13. The minimum atomic E-state index is -0.586. The van der Waals surface area contributed by atoms with Crippen LogP contribution < -0.4 is 5.32 Å². The first-order valence-electron chi connectivity index (χ1n) is 8.13. The predicted octanol–water partition coefficient (Wildman–Crippen LogP) is 2.08. The number of hydrogen-bond acceptors (Lipinski definition) is 5. The van der Waals surface area contributed by atoms with E-state index in [2.05, 4.69) is 15.4 Å². The molecular weight excluding hydrogens is 320 g/mol. The fraction of sp³-hybridized carbons (Fsp3) is 0.278. The quantitative estimate of drug-likeness (QED) is 0.791. The van der Waals surface area contributed by atoms with Crippen LogP contribution in [0.5, 0.6) is 0 Å². The molecule has 1 aromatic carbocycles. The molecule has 1 unspecified atom stereocenters. The summed E-state index contributed by atoms with van der Waals surface area (Å²) in [6.07, 6.45) is 1.04. The largest absolute Gasteiger partial charge is 0.376 e. The molecule has 7 heteroatoms. The molecule has 25 heavy (non-hydrogen) atoms. The second-order valence-corrected chi connectivity index (χ2v) is 5.85. The fourth-order valence-corrected chi connectivity index (χ4v) is 2.82. The number of ether oxygens (including phenoxy) is 2. The summed E-state index contributed by atoms with van der Waals surface area (Å²) in [4.78, 5) is 16.7. The van der Waals surface area contributed by atoms with Crippen molar-refractivity contribution >= 4 is 22.6 Å². The number of aryl methyl sites for hydroxylation is 1.